The van der Waals surface area contributed by atoms with Gasteiger partial charge in [-0.15, -0.1) is 0 Å². The van der Waals surface area contributed by atoms with Gasteiger partial charge < -0.3 is 10.6 Å². The number of aromatic nitrogens is 2. The number of anilines is 2. The minimum absolute atomic E-state index is 0.602. The van der Waals surface area contributed by atoms with Crippen molar-refractivity contribution in [2.75, 3.05) is 23.7 Å². The fourth-order valence-electron chi connectivity index (χ4n) is 2.80. The van der Waals surface area contributed by atoms with Crippen LogP contribution in [0.15, 0.2) is 6.07 Å². The highest BCUT2D eigenvalue weighted by atomic mass is 15.2. The molecule has 1 fully saturated rings. The molecule has 1 aromatic heterocycles. The Morgan fingerprint density at radius 1 is 1.26 bits per heavy atom. The van der Waals surface area contributed by atoms with Gasteiger partial charge in [0, 0.05) is 25.6 Å². The van der Waals surface area contributed by atoms with Gasteiger partial charge in [-0.3, -0.25) is 0 Å². The number of hydrogen-bond acceptors (Lipinski definition) is 4. The average Bonchev–Trinajstić information content (AvgIpc) is 2.63. The van der Waals surface area contributed by atoms with Crippen molar-refractivity contribution in [1.29, 1.82) is 0 Å². The van der Waals surface area contributed by atoms with Crippen LogP contribution in [-0.2, 0) is 6.42 Å². The Labute approximate surface area is 116 Å². The SMILES string of the molecule is CCCc1nc(N)cc(N2CCCC(CC)CC2)n1. The monoisotopic (exact) mass is 262 g/mol. The lowest BCUT2D eigenvalue weighted by Crippen LogP contribution is -2.26. The van der Waals surface area contributed by atoms with Crippen LogP contribution < -0.4 is 10.6 Å². The van der Waals surface area contributed by atoms with E-state index in [1.807, 2.05) is 6.07 Å². The summed E-state index contributed by atoms with van der Waals surface area (Å²) in [5.41, 5.74) is 5.91. The van der Waals surface area contributed by atoms with E-state index in [9.17, 15) is 0 Å². The van der Waals surface area contributed by atoms with Gasteiger partial charge in [0.15, 0.2) is 0 Å². The van der Waals surface area contributed by atoms with E-state index in [1.165, 1.54) is 25.7 Å². The zero-order valence-electron chi connectivity index (χ0n) is 12.2. The standard InChI is InChI=1S/C15H26N4/c1-3-6-14-17-13(16)11-15(18-14)19-9-5-7-12(4-2)8-10-19/h11-12H,3-10H2,1-2H3,(H2,16,17,18). The topological polar surface area (TPSA) is 55.0 Å². The Kier molecular flexibility index (Phi) is 5.00. The molecule has 0 spiro atoms. The zero-order valence-corrected chi connectivity index (χ0v) is 12.2. The first kappa shape index (κ1) is 14.1. The van der Waals surface area contributed by atoms with E-state index >= 15 is 0 Å². The molecule has 19 heavy (non-hydrogen) atoms. The van der Waals surface area contributed by atoms with Crippen LogP contribution in [-0.4, -0.2) is 23.1 Å². The van der Waals surface area contributed by atoms with Crippen LogP contribution >= 0.6 is 0 Å². The van der Waals surface area contributed by atoms with Crippen LogP contribution in [0.2, 0.25) is 0 Å². The van der Waals surface area contributed by atoms with Crippen LogP contribution in [0.1, 0.15) is 51.8 Å². The first-order valence-electron chi connectivity index (χ1n) is 7.61. The predicted octanol–water partition coefficient (Wildman–Crippen LogP) is 3.03. The molecule has 2 heterocycles. The summed E-state index contributed by atoms with van der Waals surface area (Å²) >= 11 is 0. The molecular weight excluding hydrogens is 236 g/mol. The van der Waals surface area contributed by atoms with Crippen molar-refractivity contribution in [3.8, 4) is 0 Å². The molecule has 1 aliphatic rings. The van der Waals surface area contributed by atoms with Crippen LogP contribution in [0, 0.1) is 5.92 Å². The molecular formula is C15H26N4. The van der Waals surface area contributed by atoms with E-state index in [-0.39, 0.29) is 0 Å². The van der Waals surface area contributed by atoms with Crippen molar-refractivity contribution in [3.05, 3.63) is 11.9 Å². The van der Waals surface area contributed by atoms with Crippen molar-refractivity contribution < 1.29 is 0 Å². The van der Waals surface area contributed by atoms with E-state index in [0.717, 1.165) is 43.5 Å². The van der Waals surface area contributed by atoms with Crippen LogP contribution in [0.3, 0.4) is 0 Å². The lowest BCUT2D eigenvalue weighted by molar-refractivity contribution is 0.459. The Bertz CT molecular complexity index is 405. The Morgan fingerprint density at radius 3 is 2.84 bits per heavy atom. The summed E-state index contributed by atoms with van der Waals surface area (Å²) in [5.74, 6) is 3.38. The summed E-state index contributed by atoms with van der Waals surface area (Å²) in [6, 6.07) is 1.92. The molecule has 0 amide bonds. The molecule has 106 valence electrons. The van der Waals surface area contributed by atoms with Gasteiger partial charge in [0.25, 0.3) is 0 Å². The molecule has 4 nitrogen and oxygen atoms in total. The van der Waals surface area contributed by atoms with Gasteiger partial charge in [0.2, 0.25) is 0 Å². The molecule has 0 bridgehead atoms. The summed E-state index contributed by atoms with van der Waals surface area (Å²) in [7, 11) is 0. The molecule has 0 saturated carbocycles. The molecule has 1 saturated heterocycles. The van der Waals surface area contributed by atoms with Crippen molar-refractivity contribution in [2.24, 2.45) is 5.92 Å². The number of nitrogens with two attached hydrogens (primary N) is 1. The number of nitrogens with zero attached hydrogens (tertiary/aromatic N) is 3. The Balaban J connectivity index is 2.12. The van der Waals surface area contributed by atoms with E-state index < -0.39 is 0 Å². The molecule has 1 aliphatic heterocycles. The summed E-state index contributed by atoms with van der Waals surface area (Å²) < 4.78 is 0. The third-order valence-electron chi connectivity index (χ3n) is 4.00. The van der Waals surface area contributed by atoms with Gasteiger partial charge in [-0.1, -0.05) is 20.3 Å². The van der Waals surface area contributed by atoms with E-state index in [2.05, 4.69) is 28.7 Å². The summed E-state index contributed by atoms with van der Waals surface area (Å²) in [5, 5.41) is 0. The van der Waals surface area contributed by atoms with Crippen LogP contribution in [0.4, 0.5) is 11.6 Å². The first-order chi connectivity index (χ1) is 9.22. The second kappa shape index (κ2) is 6.73. The second-order valence-corrected chi connectivity index (χ2v) is 5.51. The zero-order chi connectivity index (χ0) is 13.7. The van der Waals surface area contributed by atoms with Crippen LogP contribution in [0.5, 0.6) is 0 Å². The first-order valence-corrected chi connectivity index (χ1v) is 7.61. The fraction of sp³-hybridized carbons (Fsp3) is 0.733. The molecule has 0 aliphatic carbocycles. The minimum atomic E-state index is 0.602. The normalized spacial score (nSPS) is 20.3. The molecule has 0 radical (unpaired) electrons. The lowest BCUT2D eigenvalue weighted by Gasteiger charge is -2.22. The molecule has 4 heteroatoms. The van der Waals surface area contributed by atoms with E-state index in [1.54, 1.807) is 0 Å². The summed E-state index contributed by atoms with van der Waals surface area (Å²) in [6.45, 7) is 6.63. The molecule has 1 unspecified atom stereocenters. The highest BCUT2D eigenvalue weighted by Gasteiger charge is 2.17. The van der Waals surface area contributed by atoms with Crippen molar-refractivity contribution in [1.82, 2.24) is 9.97 Å². The molecule has 2 N–H and O–H groups in total. The summed E-state index contributed by atoms with van der Waals surface area (Å²) in [4.78, 5) is 11.4. The Hall–Kier alpha value is -1.32. The van der Waals surface area contributed by atoms with E-state index in [4.69, 9.17) is 5.73 Å². The van der Waals surface area contributed by atoms with Gasteiger partial charge in [-0.05, 0) is 31.6 Å². The maximum atomic E-state index is 5.91. The van der Waals surface area contributed by atoms with Crippen molar-refractivity contribution in [2.45, 2.75) is 52.4 Å². The maximum absolute atomic E-state index is 5.91. The second-order valence-electron chi connectivity index (χ2n) is 5.51. The third-order valence-corrected chi connectivity index (χ3v) is 4.00. The summed E-state index contributed by atoms with van der Waals surface area (Å²) in [6.07, 6.45) is 7.12. The fourth-order valence-corrected chi connectivity index (χ4v) is 2.80. The average molecular weight is 262 g/mol. The predicted molar refractivity (Wildman–Crippen MR) is 80.3 cm³/mol. The lowest BCUT2D eigenvalue weighted by atomic mass is 9.98. The quantitative estimate of drug-likeness (QED) is 0.906. The van der Waals surface area contributed by atoms with Gasteiger partial charge in [0.05, 0.1) is 0 Å². The molecule has 1 aromatic rings. The van der Waals surface area contributed by atoms with E-state index in [0.29, 0.717) is 5.82 Å². The van der Waals surface area contributed by atoms with Gasteiger partial charge in [-0.25, -0.2) is 9.97 Å². The largest absolute Gasteiger partial charge is 0.384 e. The molecule has 2 rings (SSSR count). The van der Waals surface area contributed by atoms with Crippen molar-refractivity contribution in [3.63, 3.8) is 0 Å². The number of rotatable bonds is 4. The van der Waals surface area contributed by atoms with Gasteiger partial charge in [0.1, 0.15) is 17.5 Å². The molecule has 1 atom stereocenters. The van der Waals surface area contributed by atoms with Gasteiger partial charge >= 0.3 is 0 Å². The van der Waals surface area contributed by atoms with Crippen molar-refractivity contribution >= 4 is 11.6 Å². The third kappa shape index (κ3) is 3.82. The highest BCUT2D eigenvalue weighted by Crippen LogP contribution is 2.24. The highest BCUT2D eigenvalue weighted by molar-refractivity contribution is 5.47. The van der Waals surface area contributed by atoms with Gasteiger partial charge in [-0.2, -0.15) is 0 Å². The Morgan fingerprint density at radius 2 is 2.11 bits per heavy atom. The smallest absolute Gasteiger partial charge is 0.134 e. The number of nitrogen functional groups attached to an aromatic ring is 1. The number of hydrogen-bond donors (Lipinski definition) is 1. The maximum Gasteiger partial charge on any atom is 0.134 e. The minimum Gasteiger partial charge on any atom is -0.384 e. The molecule has 0 aromatic carbocycles. The van der Waals surface area contributed by atoms with Crippen LogP contribution in [0.25, 0.3) is 0 Å². The number of aryl methyl sites for hydroxylation is 1.